The Morgan fingerprint density at radius 2 is 1.91 bits per heavy atom. The van der Waals surface area contributed by atoms with Crippen molar-refractivity contribution in [2.45, 2.75) is 26.9 Å². The molecule has 0 unspecified atom stereocenters. The summed E-state index contributed by atoms with van der Waals surface area (Å²) in [5.74, 6) is -0.795. The smallest absolute Gasteiger partial charge is 0.341 e. The number of nitrogens with zero attached hydrogens (tertiary/aromatic N) is 3. The lowest BCUT2D eigenvalue weighted by atomic mass is 10.0. The van der Waals surface area contributed by atoms with E-state index in [1.165, 1.54) is 6.07 Å². The average molecular weight is 480 g/mol. The molecule has 0 saturated carbocycles. The standard InChI is InChI=1S/C22H23Cl2N3O5/c1-4-26-15(12-27-19(9-13(2)25-27)32-8-7-31-3)11-18(28)20(22(29)30)21(26)14-5-6-16(23)17(24)10-14/h5-6,9-11H,4,7-8,12H2,1-3H3,(H,29,30). The SMILES string of the molecule is CCn1c(Cn2nc(C)cc2OCCOC)cc(=O)c(C(=O)O)c1-c1ccc(Cl)c(Cl)c1. The summed E-state index contributed by atoms with van der Waals surface area (Å²) in [6.45, 7) is 5.07. The second-order valence-electron chi connectivity index (χ2n) is 7.02. The number of hydrogen-bond acceptors (Lipinski definition) is 5. The first-order valence-electron chi connectivity index (χ1n) is 9.88. The fraction of sp³-hybridized carbons (Fsp3) is 0.318. The van der Waals surface area contributed by atoms with E-state index in [2.05, 4.69) is 5.10 Å². The van der Waals surface area contributed by atoms with E-state index in [4.69, 9.17) is 32.7 Å². The van der Waals surface area contributed by atoms with Crippen LogP contribution < -0.4 is 10.2 Å². The number of carboxylic acids is 1. The molecule has 0 radical (unpaired) electrons. The summed E-state index contributed by atoms with van der Waals surface area (Å²) in [5.41, 5.74) is 1.11. The summed E-state index contributed by atoms with van der Waals surface area (Å²) < 4.78 is 14.2. The predicted molar refractivity (Wildman–Crippen MR) is 122 cm³/mol. The third-order valence-electron chi connectivity index (χ3n) is 4.84. The van der Waals surface area contributed by atoms with E-state index in [9.17, 15) is 14.7 Å². The van der Waals surface area contributed by atoms with Crippen LogP contribution in [0.4, 0.5) is 0 Å². The molecular weight excluding hydrogens is 457 g/mol. The Morgan fingerprint density at radius 1 is 1.16 bits per heavy atom. The average Bonchev–Trinajstić information content (AvgIpc) is 3.08. The molecule has 0 fully saturated rings. The first-order valence-corrected chi connectivity index (χ1v) is 10.6. The summed E-state index contributed by atoms with van der Waals surface area (Å²) in [6, 6.07) is 7.88. The molecule has 1 N–H and O–H groups in total. The van der Waals surface area contributed by atoms with Crippen molar-refractivity contribution in [2.24, 2.45) is 0 Å². The van der Waals surface area contributed by atoms with E-state index in [1.807, 2.05) is 13.8 Å². The van der Waals surface area contributed by atoms with E-state index < -0.39 is 11.4 Å². The monoisotopic (exact) mass is 479 g/mol. The number of carboxylic acid groups (broad SMARTS) is 1. The number of aryl methyl sites for hydroxylation is 1. The van der Waals surface area contributed by atoms with Crippen molar-refractivity contribution in [1.82, 2.24) is 14.3 Å². The zero-order valence-electron chi connectivity index (χ0n) is 17.9. The molecule has 0 aliphatic heterocycles. The van der Waals surface area contributed by atoms with Crippen LogP contribution in [-0.2, 0) is 17.8 Å². The van der Waals surface area contributed by atoms with Gasteiger partial charge < -0.3 is 19.1 Å². The molecule has 2 aromatic heterocycles. The third kappa shape index (κ3) is 4.98. The maximum Gasteiger partial charge on any atom is 0.341 e. The third-order valence-corrected chi connectivity index (χ3v) is 5.57. The highest BCUT2D eigenvalue weighted by Crippen LogP contribution is 2.31. The molecule has 0 aliphatic carbocycles. The van der Waals surface area contributed by atoms with Gasteiger partial charge in [-0.1, -0.05) is 29.3 Å². The Labute approximate surface area is 194 Å². The van der Waals surface area contributed by atoms with Crippen LogP contribution in [0.15, 0.2) is 35.1 Å². The molecule has 0 aliphatic rings. The number of benzene rings is 1. The highest BCUT2D eigenvalue weighted by atomic mass is 35.5. The fourth-order valence-corrected chi connectivity index (χ4v) is 3.77. The highest BCUT2D eigenvalue weighted by Gasteiger charge is 2.23. The molecule has 0 amide bonds. The van der Waals surface area contributed by atoms with Crippen LogP contribution in [-0.4, -0.2) is 45.7 Å². The molecule has 2 heterocycles. The van der Waals surface area contributed by atoms with Gasteiger partial charge in [-0.3, -0.25) is 4.79 Å². The van der Waals surface area contributed by atoms with Crippen LogP contribution in [0.5, 0.6) is 5.88 Å². The molecule has 32 heavy (non-hydrogen) atoms. The van der Waals surface area contributed by atoms with Gasteiger partial charge >= 0.3 is 5.97 Å². The first-order chi connectivity index (χ1) is 15.3. The summed E-state index contributed by atoms with van der Waals surface area (Å²) in [5, 5.41) is 14.8. The van der Waals surface area contributed by atoms with Gasteiger partial charge in [-0.2, -0.15) is 5.10 Å². The summed E-state index contributed by atoms with van der Waals surface area (Å²) in [7, 11) is 1.58. The van der Waals surface area contributed by atoms with Gasteiger partial charge in [0.25, 0.3) is 0 Å². The second kappa shape index (κ2) is 10.2. The van der Waals surface area contributed by atoms with Gasteiger partial charge in [-0.05, 0) is 26.0 Å². The van der Waals surface area contributed by atoms with Gasteiger partial charge in [0.15, 0.2) is 5.43 Å². The first kappa shape index (κ1) is 23.8. The Balaban J connectivity index is 2.17. The number of aromatic carboxylic acids is 1. The minimum absolute atomic E-state index is 0.202. The Kier molecular flexibility index (Phi) is 7.60. The highest BCUT2D eigenvalue weighted by molar-refractivity contribution is 6.42. The number of pyridine rings is 1. The summed E-state index contributed by atoms with van der Waals surface area (Å²) >= 11 is 12.2. The lowest BCUT2D eigenvalue weighted by Gasteiger charge is -2.20. The van der Waals surface area contributed by atoms with Crippen molar-refractivity contribution < 1.29 is 19.4 Å². The Bertz CT molecular complexity index is 1200. The maximum atomic E-state index is 12.9. The van der Waals surface area contributed by atoms with Crippen molar-refractivity contribution >= 4 is 29.2 Å². The number of methoxy groups -OCH3 is 1. The molecule has 3 aromatic rings. The van der Waals surface area contributed by atoms with Crippen molar-refractivity contribution in [3.05, 3.63) is 67.6 Å². The van der Waals surface area contributed by atoms with Gasteiger partial charge in [0, 0.05) is 37.0 Å². The molecule has 0 spiro atoms. The van der Waals surface area contributed by atoms with E-state index in [1.54, 1.807) is 40.6 Å². The van der Waals surface area contributed by atoms with Crippen molar-refractivity contribution in [1.29, 1.82) is 0 Å². The summed E-state index contributed by atoms with van der Waals surface area (Å²) in [4.78, 5) is 24.8. The quantitative estimate of drug-likeness (QED) is 0.463. The minimum atomic E-state index is -1.32. The topological polar surface area (TPSA) is 95.6 Å². The van der Waals surface area contributed by atoms with Gasteiger partial charge in [0.2, 0.25) is 5.88 Å². The van der Waals surface area contributed by atoms with Gasteiger partial charge in [0.1, 0.15) is 12.2 Å². The molecule has 3 rings (SSSR count). The van der Waals surface area contributed by atoms with Crippen LogP contribution in [0.1, 0.15) is 28.7 Å². The van der Waals surface area contributed by atoms with Crippen molar-refractivity contribution in [2.75, 3.05) is 20.3 Å². The fourth-order valence-electron chi connectivity index (χ4n) is 3.47. The largest absolute Gasteiger partial charge is 0.477 e. The van der Waals surface area contributed by atoms with Crippen LogP contribution in [0.25, 0.3) is 11.3 Å². The molecule has 170 valence electrons. The summed E-state index contributed by atoms with van der Waals surface area (Å²) in [6.07, 6.45) is 0. The predicted octanol–water partition coefficient (Wildman–Crippen LogP) is 4.12. The molecule has 8 nitrogen and oxygen atoms in total. The molecular formula is C22H23Cl2N3O5. The lowest BCUT2D eigenvalue weighted by Crippen LogP contribution is -2.25. The van der Waals surface area contributed by atoms with Crippen LogP contribution in [0.3, 0.4) is 0 Å². The minimum Gasteiger partial charge on any atom is -0.477 e. The van der Waals surface area contributed by atoms with Gasteiger partial charge in [-0.25, -0.2) is 9.48 Å². The van der Waals surface area contributed by atoms with E-state index >= 15 is 0 Å². The van der Waals surface area contributed by atoms with E-state index in [0.717, 1.165) is 5.69 Å². The lowest BCUT2D eigenvalue weighted by molar-refractivity contribution is 0.0695. The molecule has 10 heteroatoms. The van der Waals surface area contributed by atoms with Crippen LogP contribution in [0, 0.1) is 6.92 Å². The van der Waals surface area contributed by atoms with Crippen LogP contribution >= 0.6 is 23.2 Å². The number of ether oxygens (including phenoxy) is 2. The van der Waals surface area contributed by atoms with Crippen molar-refractivity contribution in [3.63, 3.8) is 0 Å². The zero-order valence-corrected chi connectivity index (χ0v) is 19.4. The molecule has 0 saturated heterocycles. The number of rotatable bonds is 9. The second-order valence-corrected chi connectivity index (χ2v) is 7.84. The van der Waals surface area contributed by atoms with E-state index in [0.29, 0.717) is 41.9 Å². The Hall–Kier alpha value is -2.81. The molecule has 1 aromatic carbocycles. The maximum absolute atomic E-state index is 12.9. The zero-order chi connectivity index (χ0) is 23.4. The van der Waals surface area contributed by atoms with Crippen LogP contribution in [0.2, 0.25) is 10.0 Å². The number of halogens is 2. The Morgan fingerprint density at radius 3 is 2.53 bits per heavy atom. The number of hydrogen-bond donors (Lipinski definition) is 1. The normalized spacial score (nSPS) is 11.0. The van der Waals surface area contributed by atoms with E-state index in [-0.39, 0.29) is 22.8 Å². The van der Waals surface area contributed by atoms with Crippen molar-refractivity contribution in [3.8, 4) is 17.1 Å². The molecule has 0 atom stereocenters. The molecule has 0 bridgehead atoms. The number of carbonyl (C=O) groups is 1. The van der Waals surface area contributed by atoms with Gasteiger partial charge in [-0.15, -0.1) is 0 Å². The number of aromatic nitrogens is 3. The van der Waals surface area contributed by atoms with Gasteiger partial charge in [0.05, 0.1) is 34.6 Å².